The van der Waals surface area contributed by atoms with Gasteiger partial charge in [0.2, 0.25) is 0 Å². The van der Waals surface area contributed by atoms with Crippen molar-refractivity contribution in [1.82, 2.24) is 10.3 Å². The van der Waals surface area contributed by atoms with Gasteiger partial charge in [0, 0.05) is 17.5 Å². The van der Waals surface area contributed by atoms with Crippen LogP contribution in [0, 0.1) is 0 Å². The molecule has 152 valence electrons. The average molecular weight is 483 g/mol. The summed E-state index contributed by atoms with van der Waals surface area (Å²) in [7, 11) is 3.21. The molecule has 2 aromatic carbocycles. The lowest BCUT2D eigenvalue weighted by Crippen LogP contribution is -2.23. The highest BCUT2D eigenvalue weighted by atomic mass is 79.9. The average Bonchev–Trinajstić information content (AvgIpc) is 3.22. The Bertz CT molecular complexity index is 1220. The number of carbonyl (C=O) groups excluding carboxylic acids is 1. The number of pyridine rings is 1. The van der Waals surface area contributed by atoms with Crippen LogP contribution in [-0.2, 0) is 6.54 Å². The third-order valence-corrected chi connectivity index (χ3v) is 6.36. The topological polar surface area (TPSA) is 60.5 Å². The largest absolute Gasteiger partial charge is 0.497 e. The molecular formula is C23H19BrN2O3S. The van der Waals surface area contributed by atoms with Gasteiger partial charge in [-0.15, -0.1) is 11.3 Å². The van der Waals surface area contributed by atoms with E-state index in [1.54, 1.807) is 25.6 Å². The Balaban J connectivity index is 1.68. The van der Waals surface area contributed by atoms with Crippen LogP contribution in [0.15, 0.2) is 64.5 Å². The fraction of sp³-hybridized carbons (Fsp3) is 0.130. The number of halogens is 1. The highest BCUT2D eigenvalue weighted by Gasteiger charge is 2.15. The zero-order valence-corrected chi connectivity index (χ0v) is 18.8. The van der Waals surface area contributed by atoms with Crippen LogP contribution in [0.25, 0.3) is 21.5 Å². The van der Waals surface area contributed by atoms with E-state index in [0.29, 0.717) is 23.6 Å². The molecule has 0 atom stereocenters. The standard InChI is InChI=1S/C23H19BrN2O3S/c1-28-15-7-8-20(29-2)14(11-15)13-25-23(27)17-12-19(21-9-10-22(24)30-21)26-18-6-4-3-5-16(17)18/h3-12H,13H2,1-2H3,(H,25,27). The predicted molar refractivity (Wildman–Crippen MR) is 123 cm³/mol. The van der Waals surface area contributed by atoms with Crippen molar-refractivity contribution in [3.8, 4) is 22.1 Å². The van der Waals surface area contributed by atoms with Gasteiger partial charge in [0.25, 0.3) is 5.91 Å². The molecule has 0 saturated carbocycles. The summed E-state index contributed by atoms with van der Waals surface area (Å²) >= 11 is 5.07. The first kappa shape index (κ1) is 20.4. The lowest BCUT2D eigenvalue weighted by molar-refractivity contribution is 0.0952. The van der Waals surface area contributed by atoms with E-state index in [-0.39, 0.29) is 5.91 Å². The van der Waals surface area contributed by atoms with E-state index >= 15 is 0 Å². The van der Waals surface area contributed by atoms with E-state index in [4.69, 9.17) is 14.5 Å². The number of rotatable bonds is 6. The Morgan fingerprint density at radius 1 is 1.07 bits per heavy atom. The lowest BCUT2D eigenvalue weighted by atomic mass is 10.1. The summed E-state index contributed by atoms with van der Waals surface area (Å²) in [6.07, 6.45) is 0. The number of amides is 1. The first-order chi connectivity index (χ1) is 14.6. The van der Waals surface area contributed by atoms with Crippen LogP contribution in [0.2, 0.25) is 0 Å². The molecule has 0 aliphatic rings. The molecule has 30 heavy (non-hydrogen) atoms. The monoisotopic (exact) mass is 482 g/mol. The van der Waals surface area contributed by atoms with Gasteiger partial charge in [0.15, 0.2) is 0 Å². The summed E-state index contributed by atoms with van der Waals surface area (Å²) in [5.41, 5.74) is 2.98. The van der Waals surface area contributed by atoms with Crippen LogP contribution in [0.3, 0.4) is 0 Å². The summed E-state index contributed by atoms with van der Waals surface area (Å²) < 4.78 is 11.7. The normalized spacial score (nSPS) is 10.8. The van der Waals surface area contributed by atoms with Crippen LogP contribution < -0.4 is 14.8 Å². The molecule has 2 heterocycles. The van der Waals surface area contributed by atoms with Gasteiger partial charge in [0.1, 0.15) is 11.5 Å². The van der Waals surface area contributed by atoms with Crippen molar-refractivity contribution in [2.75, 3.05) is 14.2 Å². The molecule has 0 spiro atoms. The number of fused-ring (bicyclic) bond motifs is 1. The van der Waals surface area contributed by atoms with Crippen LogP contribution in [0.4, 0.5) is 0 Å². The van der Waals surface area contributed by atoms with Gasteiger partial charge < -0.3 is 14.8 Å². The van der Waals surface area contributed by atoms with Gasteiger partial charge in [-0.2, -0.15) is 0 Å². The quantitative estimate of drug-likeness (QED) is 0.384. The number of hydrogen-bond donors (Lipinski definition) is 1. The fourth-order valence-electron chi connectivity index (χ4n) is 3.23. The molecule has 5 nitrogen and oxygen atoms in total. The van der Waals surface area contributed by atoms with E-state index in [0.717, 1.165) is 30.8 Å². The van der Waals surface area contributed by atoms with E-state index in [1.165, 1.54) is 0 Å². The van der Waals surface area contributed by atoms with E-state index in [2.05, 4.69) is 21.2 Å². The molecule has 2 aromatic heterocycles. The molecule has 0 saturated heterocycles. The third-order valence-electron chi connectivity index (χ3n) is 4.71. The van der Waals surface area contributed by atoms with Gasteiger partial charge in [-0.3, -0.25) is 4.79 Å². The van der Waals surface area contributed by atoms with Crippen molar-refractivity contribution < 1.29 is 14.3 Å². The third kappa shape index (κ3) is 4.17. The summed E-state index contributed by atoms with van der Waals surface area (Å²) in [5, 5.41) is 3.82. The number of ether oxygens (including phenoxy) is 2. The van der Waals surface area contributed by atoms with Gasteiger partial charge >= 0.3 is 0 Å². The minimum absolute atomic E-state index is 0.171. The van der Waals surface area contributed by atoms with Crippen LogP contribution in [0.1, 0.15) is 15.9 Å². The van der Waals surface area contributed by atoms with Gasteiger partial charge in [-0.25, -0.2) is 4.98 Å². The second kappa shape index (κ2) is 8.85. The number of nitrogens with zero attached hydrogens (tertiary/aromatic N) is 1. The van der Waals surface area contributed by atoms with E-state index in [1.807, 2.05) is 60.7 Å². The lowest BCUT2D eigenvalue weighted by Gasteiger charge is -2.13. The molecular weight excluding hydrogens is 464 g/mol. The Hall–Kier alpha value is -2.90. The van der Waals surface area contributed by atoms with Crippen molar-refractivity contribution >= 4 is 44.1 Å². The molecule has 0 unspecified atom stereocenters. The maximum absolute atomic E-state index is 13.2. The molecule has 4 aromatic rings. The molecule has 0 aliphatic carbocycles. The molecule has 0 bridgehead atoms. The number of aromatic nitrogens is 1. The Morgan fingerprint density at radius 2 is 1.90 bits per heavy atom. The highest BCUT2D eigenvalue weighted by Crippen LogP contribution is 2.32. The molecule has 0 fully saturated rings. The Kier molecular flexibility index (Phi) is 6.01. The summed E-state index contributed by atoms with van der Waals surface area (Å²) in [5.74, 6) is 1.23. The maximum Gasteiger partial charge on any atom is 0.252 e. The minimum Gasteiger partial charge on any atom is -0.497 e. The van der Waals surface area contributed by atoms with Crippen molar-refractivity contribution in [2.45, 2.75) is 6.54 Å². The number of thiophene rings is 1. The van der Waals surface area contributed by atoms with Crippen LogP contribution in [-0.4, -0.2) is 25.1 Å². The number of benzene rings is 2. The van der Waals surface area contributed by atoms with Crippen LogP contribution in [0.5, 0.6) is 11.5 Å². The summed E-state index contributed by atoms with van der Waals surface area (Å²) in [6.45, 7) is 0.315. The first-order valence-corrected chi connectivity index (χ1v) is 10.8. The number of nitrogens with one attached hydrogen (secondary N) is 1. The zero-order chi connectivity index (χ0) is 21.1. The van der Waals surface area contributed by atoms with Crippen molar-refractivity contribution in [3.63, 3.8) is 0 Å². The molecule has 1 amide bonds. The van der Waals surface area contributed by atoms with Crippen molar-refractivity contribution in [3.05, 3.63) is 75.6 Å². The van der Waals surface area contributed by atoms with Gasteiger partial charge in [-0.05, 0) is 58.4 Å². The highest BCUT2D eigenvalue weighted by molar-refractivity contribution is 9.11. The van der Waals surface area contributed by atoms with Crippen molar-refractivity contribution in [1.29, 1.82) is 0 Å². The number of carbonyl (C=O) groups is 1. The summed E-state index contributed by atoms with van der Waals surface area (Å²) in [4.78, 5) is 18.9. The molecule has 1 N–H and O–H groups in total. The second-order valence-corrected chi connectivity index (χ2v) is 9.00. The van der Waals surface area contributed by atoms with Gasteiger partial charge in [0.05, 0.1) is 39.7 Å². The zero-order valence-electron chi connectivity index (χ0n) is 16.4. The number of methoxy groups -OCH3 is 2. The molecule has 4 rings (SSSR count). The SMILES string of the molecule is COc1ccc(OC)c(CNC(=O)c2cc(-c3ccc(Br)s3)nc3ccccc23)c1. The molecule has 0 aliphatic heterocycles. The Labute approximate surface area is 186 Å². The molecule has 0 radical (unpaired) electrons. The van der Waals surface area contributed by atoms with E-state index < -0.39 is 0 Å². The maximum atomic E-state index is 13.2. The smallest absolute Gasteiger partial charge is 0.252 e. The van der Waals surface area contributed by atoms with Crippen LogP contribution >= 0.6 is 27.3 Å². The predicted octanol–water partition coefficient (Wildman–Crippen LogP) is 5.67. The second-order valence-electron chi connectivity index (χ2n) is 6.54. The van der Waals surface area contributed by atoms with Crippen molar-refractivity contribution in [2.24, 2.45) is 0 Å². The first-order valence-electron chi connectivity index (χ1n) is 9.23. The van der Waals surface area contributed by atoms with E-state index in [9.17, 15) is 4.79 Å². The Morgan fingerprint density at radius 3 is 2.63 bits per heavy atom. The fourth-order valence-corrected chi connectivity index (χ4v) is 4.58. The number of hydrogen-bond acceptors (Lipinski definition) is 5. The summed E-state index contributed by atoms with van der Waals surface area (Å²) in [6, 6.07) is 19.0. The minimum atomic E-state index is -0.171. The van der Waals surface area contributed by atoms with Gasteiger partial charge in [-0.1, -0.05) is 18.2 Å². The number of para-hydroxylation sites is 1. The molecule has 7 heteroatoms.